The molecule has 5 atom stereocenters. The molecule has 0 bridgehead atoms. The highest BCUT2D eigenvalue weighted by atomic mass is 14.6. The van der Waals surface area contributed by atoms with E-state index in [1.165, 1.54) is 70.6 Å². The Hall–Kier alpha value is -0.260. The van der Waals surface area contributed by atoms with Gasteiger partial charge in [0.2, 0.25) is 0 Å². The van der Waals surface area contributed by atoms with Crippen molar-refractivity contribution < 1.29 is 0 Å². The SMILES string of the molecule is CC12CCCCC1C1CC=C3CCCC[C@]3(C)C1CC2. The summed E-state index contributed by atoms with van der Waals surface area (Å²) >= 11 is 0. The molecule has 3 saturated carbocycles. The summed E-state index contributed by atoms with van der Waals surface area (Å²) in [5.41, 5.74) is 3.17. The van der Waals surface area contributed by atoms with E-state index < -0.39 is 0 Å². The minimum atomic E-state index is 0.597. The summed E-state index contributed by atoms with van der Waals surface area (Å²) in [4.78, 5) is 0. The fourth-order valence-electron chi connectivity index (χ4n) is 6.86. The molecule has 4 unspecified atom stereocenters. The number of rotatable bonds is 0. The van der Waals surface area contributed by atoms with Crippen molar-refractivity contribution in [1.82, 2.24) is 0 Å². The van der Waals surface area contributed by atoms with E-state index in [0.29, 0.717) is 10.8 Å². The largest absolute Gasteiger partial charge is 0.0845 e. The third-order valence-corrected chi connectivity index (χ3v) is 8.05. The number of allylic oxidation sites excluding steroid dienone is 2. The van der Waals surface area contributed by atoms with Gasteiger partial charge in [0.25, 0.3) is 0 Å². The zero-order valence-corrected chi connectivity index (χ0v) is 13.6. The lowest BCUT2D eigenvalue weighted by Crippen LogP contribution is -2.50. The molecule has 3 fully saturated rings. The van der Waals surface area contributed by atoms with E-state index in [4.69, 9.17) is 0 Å². The molecule has 0 aromatic rings. The van der Waals surface area contributed by atoms with Crippen molar-refractivity contribution in [2.45, 2.75) is 84.5 Å². The maximum atomic E-state index is 2.71. The molecule has 0 aliphatic heterocycles. The molecular weight excluding hydrogens is 240 g/mol. The molecule has 0 radical (unpaired) electrons. The molecule has 4 rings (SSSR count). The molecule has 0 spiro atoms. The average Bonchev–Trinajstić information content (AvgIpc) is 2.45. The van der Waals surface area contributed by atoms with Gasteiger partial charge in [0.05, 0.1) is 0 Å². The highest BCUT2D eigenvalue weighted by Crippen LogP contribution is 2.63. The molecule has 4 aliphatic carbocycles. The van der Waals surface area contributed by atoms with E-state index in [-0.39, 0.29) is 0 Å². The van der Waals surface area contributed by atoms with Crippen LogP contribution in [0, 0.1) is 28.6 Å². The third-order valence-electron chi connectivity index (χ3n) is 8.05. The molecule has 20 heavy (non-hydrogen) atoms. The molecular formula is C20H32. The van der Waals surface area contributed by atoms with Crippen LogP contribution < -0.4 is 0 Å². The van der Waals surface area contributed by atoms with Gasteiger partial charge in [0.1, 0.15) is 0 Å². The van der Waals surface area contributed by atoms with Gasteiger partial charge in [-0.3, -0.25) is 0 Å². The topological polar surface area (TPSA) is 0 Å². The van der Waals surface area contributed by atoms with Gasteiger partial charge in [-0.25, -0.2) is 0 Å². The molecule has 0 N–H and O–H groups in total. The van der Waals surface area contributed by atoms with Gasteiger partial charge >= 0.3 is 0 Å². The second kappa shape index (κ2) is 4.62. The quantitative estimate of drug-likeness (QED) is 0.466. The molecule has 112 valence electrons. The Morgan fingerprint density at radius 2 is 1.75 bits per heavy atom. The molecule has 0 nitrogen and oxygen atoms in total. The van der Waals surface area contributed by atoms with Gasteiger partial charge in [-0.1, -0.05) is 44.8 Å². The Labute approximate surface area is 125 Å². The van der Waals surface area contributed by atoms with Crippen LogP contribution in [-0.4, -0.2) is 0 Å². The van der Waals surface area contributed by atoms with E-state index in [2.05, 4.69) is 19.9 Å². The molecule has 0 aromatic carbocycles. The standard InChI is InChI=1S/C20H32/c1-19-12-5-4-8-17(19)16-10-9-15-7-3-6-13-20(15,2)18(16)11-14-19/h9,16-18H,3-8,10-14H2,1-2H3/t16?,17?,18?,19?,20-/m0/s1. The summed E-state index contributed by atoms with van der Waals surface area (Å²) in [6.45, 7) is 5.27. The minimum Gasteiger partial charge on any atom is -0.0845 e. The van der Waals surface area contributed by atoms with Crippen molar-refractivity contribution in [2.75, 3.05) is 0 Å². The number of hydrogen-bond acceptors (Lipinski definition) is 0. The Morgan fingerprint density at radius 1 is 0.900 bits per heavy atom. The predicted molar refractivity (Wildman–Crippen MR) is 85.6 cm³/mol. The van der Waals surface area contributed by atoms with Crippen LogP contribution in [0.3, 0.4) is 0 Å². The average molecular weight is 272 g/mol. The van der Waals surface area contributed by atoms with Crippen molar-refractivity contribution in [2.24, 2.45) is 28.6 Å². The summed E-state index contributed by atoms with van der Waals surface area (Å²) < 4.78 is 0. The molecule has 4 aliphatic rings. The monoisotopic (exact) mass is 272 g/mol. The first-order chi connectivity index (χ1) is 9.63. The zero-order chi connectivity index (χ0) is 13.8. The van der Waals surface area contributed by atoms with Crippen LogP contribution >= 0.6 is 0 Å². The van der Waals surface area contributed by atoms with Crippen LogP contribution in [0.2, 0.25) is 0 Å². The van der Waals surface area contributed by atoms with Crippen molar-refractivity contribution in [3.05, 3.63) is 11.6 Å². The lowest BCUT2D eigenvalue weighted by molar-refractivity contribution is -0.0628. The van der Waals surface area contributed by atoms with E-state index in [1.54, 1.807) is 0 Å². The third kappa shape index (κ3) is 1.79. The van der Waals surface area contributed by atoms with Crippen LogP contribution in [-0.2, 0) is 0 Å². The van der Waals surface area contributed by atoms with Crippen molar-refractivity contribution in [3.8, 4) is 0 Å². The Morgan fingerprint density at radius 3 is 2.65 bits per heavy atom. The first-order valence-electron chi connectivity index (χ1n) is 9.33. The summed E-state index contributed by atoms with van der Waals surface area (Å²) in [5.74, 6) is 3.10. The fourth-order valence-corrected chi connectivity index (χ4v) is 6.86. The number of fused-ring (bicyclic) bond motifs is 5. The summed E-state index contributed by atoms with van der Waals surface area (Å²) in [7, 11) is 0. The van der Waals surface area contributed by atoms with E-state index in [0.717, 1.165) is 17.8 Å². The van der Waals surface area contributed by atoms with Gasteiger partial charge in [0, 0.05) is 0 Å². The zero-order valence-electron chi connectivity index (χ0n) is 13.6. The smallest absolute Gasteiger partial charge is 0.00853 e. The predicted octanol–water partition coefficient (Wildman–Crippen LogP) is 6.12. The summed E-state index contributed by atoms with van der Waals surface area (Å²) in [6.07, 6.45) is 19.1. The van der Waals surface area contributed by atoms with Crippen LogP contribution in [0.5, 0.6) is 0 Å². The van der Waals surface area contributed by atoms with Gasteiger partial charge in [-0.2, -0.15) is 0 Å². The molecule has 0 aromatic heterocycles. The van der Waals surface area contributed by atoms with Crippen LogP contribution in [0.15, 0.2) is 11.6 Å². The second-order valence-electron chi connectivity index (χ2n) is 8.90. The van der Waals surface area contributed by atoms with Gasteiger partial charge < -0.3 is 0 Å². The Kier molecular flexibility index (Phi) is 3.09. The molecule has 0 amide bonds. The maximum absolute atomic E-state index is 2.71. The lowest BCUT2D eigenvalue weighted by Gasteiger charge is -2.59. The van der Waals surface area contributed by atoms with Crippen LogP contribution in [0.4, 0.5) is 0 Å². The van der Waals surface area contributed by atoms with Gasteiger partial charge in [-0.05, 0) is 80.0 Å². The summed E-state index contributed by atoms with van der Waals surface area (Å²) in [6, 6.07) is 0. The minimum absolute atomic E-state index is 0.597. The molecule has 0 saturated heterocycles. The molecule has 0 heteroatoms. The van der Waals surface area contributed by atoms with E-state index in [9.17, 15) is 0 Å². The first kappa shape index (κ1) is 13.4. The normalized spacial score (nSPS) is 51.5. The highest BCUT2D eigenvalue weighted by Gasteiger charge is 2.54. The van der Waals surface area contributed by atoms with Crippen molar-refractivity contribution in [3.63, 3.8) is 0 Å². The summed E-state index contributed by atoms with van der Waals surface area (Å²) in [5, 5.41) is 0. The maximum Gasteiger partial charge on any atom is -0.00853 e. The van der Waals surface area contributed by atoms with Crippen molar-refractivity contribution >= 4 is 0 Å². The Balaban J connectivity index is 1.68. The van der Waals surface area contributed by atoms with Crippen LogP contribution in [0.25, 0.3) is 0 Å². The van der Waals surface area contributed by atoms with Gasteiger partial charge in [0.15, 0.2) is 0 Å². The van der Waals surface area contributed by atoms with Crippen molar-refractivity contribution in [1.29, 1.82) is 0 Å². The van der Waals surface area contributed by atoms with E-state index >= 15 is 0 Å². The fraction of sp³-hybridized carbons (Fsp3) is 0.900. The number of hydrogen-bond donors (Lipinski definition) is 0. The highest BCUT2D eigenvalue weighted by molar-refractivity contribution is 5.23. The second-order valence-corrected chi connectivity index (χ2v) is 8.90. The van der Waals surface area contributed by atoms with Crippen LogP contribution in [0.1, 0.15) is 84.5 Å². The first-order valence-corrected chi connectivity index (χ1v) is 9.33. The van der Waals surface area contributed by atoms with Gasteiger partial charge in [-0.15, -0.1) is 0 Å². The van der Waals surface area contributed by atoms with E-state index in [1.807, 2.05) is 5.57 Å². The Bertz CT molecular complexity index is 420. The lowest BCUT2D eigenvalue weighted by atomic mass is 9.45. The molecule has 0 heterocycles.